The molecule has 0 saturated carbocycles. The molecule has 1 amide bonds. The van der Waals surface area contributed by atoms with Crippen LogP contribution < -0.4 is 5.56 Å². The SMILES string of the molecule is O=C(c1ccc(Br)c(Cl)c1)N1CCc2c(n3ncc(Cc4ccccc4)c3n(-c3ccc(-n4ccc(C(F)(F)F)n4)cc3)c2=O)C1. The molecule has 0 saturated heterocycles. The number of alkyl halides is 3. The molecule has 7 rings (SSSR count). The van der Waals surface area contributed by atoms with Gasteiger partial charge in [-0.3, -0.25) is 14.2 Å². The summed E-state index contributed by atoms with van der Waals surface area (Å²) in [7, 11) is 0. The highest BCUT2D eigenvalue weighted by atomic mass is 79.9. The molecule has 4 heterocycles. The van der Waals surface area contributed by atoms with Gasteiger partial charge in [0.05, 0.1) is 34.8 Å². The maximum absolute atomic E-state index is 14.3. The van der Waals surface area contributed by atoms with E-state index in [1.54, 1.807) is 62.6 Å². The molecule has 0 unspecified atom stereocenters. The molecule has 0 spiro atoms. The maximum Gasteiger partial charge on any atom is 0.435 e. The Balaban J connectivity index is 1.32. The van der Waals surface area contributed by atoms with E-state index in [4.69, 9.17) is 16.7 Å². The number of hydrogen-bond donors (Lipinski definition) is 0. The van der Waals surface area contributed by atoms with Crippen LogP contribution in [0.1, 0.15) is 38.4 Å². The van der Waals surface area contributed by atoms with Crippen LogP contribution in [0.15, 0.2) is 101 Å². The number of carbonyl (C=O) groups is 1. The van der Waals surface area contributed by atoms with E-state index >= 15 is 0 Å². The quantitative estimate of drug-likeness (QED) is 0.196. The maximum atomic E-state index is 14.3. The van der Waals surface area contributed by atoms with E-state index in [0.29, 0.717) is 62.7 Å². The molecule has 13 heteroatoms. The van der Waals surface area contributed by atoms with Crippen molar-refractivity contribution in [2.75, 3.05) is 6.54 Å². The predicted octanol–water partition coefficient (Wildman–Crippen LogP) is 6.89. The molecule has 0 N–H and O–H groups in total. The molecule has 0 aliphatic carbocycles. The Kier molecular flexibility index (Phi) is 7.56. The first kappa shape index (κ1) is 30.0. The molecule has 232 valence electrons. The Bertz CT molecular complexity index is 2170. The molecule has 1 aliphatic rings. The highest BCUT2D eigenvalue weighted by Gasteiger charge is 2.34. The van der Waals surface area contributed by atoms with Crippen molar-refractivity contribution < 1.29 is 18.0 Å². The van der Waals surface area contributed by atoms with Crippen LogP contribution in [0, 0.1) is 0 Å². The van der Waals surface area contributed by atoms with Gasteiger partial charge in [0.25, 0.3) is 11.5 Å². The molecule has 8 nitrogen and oxygen atoms in total. The number of carbonyl (C=O) groups excluding carboxylic acids is 1. The van der Waals surface area contributed by atoms with Crippen molar-refractivity contribution in [2.24, 2.45) is 0 Å². The summed E-state index contributed by atoms with van der Waals surface area (Å²) in [6, 6.07) is 22.3. The molecule has 0 bridgehead atoms. The normalized spacial score (nSPS) is 13.3. The molecular weight excluding hydrogens is 685 g/mol. The van der Waals surface area contributed by atoms with Gasteiger partial charge in [0.15, 0.2) is 5.69 Å². The van der Waals surface area contributed by atoms with Gasteiger partial charge in [0.1, 0.15) is 5.65 Å². The highest BCUT2D eigenvalue weighted by molar-refractivity contribution is 9.10. The average molecular weight is 708 g/mol. The van der Waals surface area contributed by atoms with Gasteiger partial charge < -0.3 is 4.90 Å². The van der Waals surface area contributed by atoms with Crippen molar-refractivity contribution >= 4 is 39.1 Å². The van der Waals surface area contributed by atoms with E-state index < -0.39 is 11.9 Å². The molecule has 46 heavy (non-hydrogen) atoms. The molecular formula is C33H23BrClF3N6O2. The van der Waals surface area contributed by atoms with E-state index in [9.17, 15) is 22.8 Å². The third-order valence-corrected chi connectivity index (χ3v) is 9.24. The minimum atomic E-state index is -4.56. The zero-order valence-corrected chi connectivity index (χ0v) is 26.2. The fraction of sp³-hybridized carbons (Fsp3) is 0.152. The fourth-order valence-corrected chi connectivity index (χ4v) is 6.18. The summed E-state index contributed by atoms with van der Waals surface area (Å²) in [6.07, 6.45) is -0.792. The van der Waals surface area contributed by atoms with Gasteiger partial charge >= 0.3 is 6.18 Å². The molecule has 3 aromatic heterocycles. The second-order valence-corrected chi connectivity index (χ2v) is 12.2. The first-order chi connectivity index (χ1) is 22.1. The Morgan fingerprint density at radius 3 is 2.41 bits per heavy atom. The van der Waals surface area contributed by atoms with Gasteiger partial charge in [-0.05, 0) is 76.4 Å². The van der Waals surface area contributed by atoms with E-state index in [1.165, 1.54) is 6.20 Å². The lowest BCUT2D eigenvalue weighted by molar-refractivity contribution is -0.141. The molecule has 0 fully saturated rings. The monoisotopic (exact) mass is 706 g/mol. The largest absolute Gasteiger partial charge is 0.435 e. The number of hydrogen-bond acceptors (Lipinski definition) is 4. The van der Waals surface area contributed by atoms with E-state index in [0.717, 1.165) is 21.9 Å². The van der Waals surface area contributed by atoms with Crippen LogP contribution in [0.5, 0.6) is 0 Å². The van der Waals surface area contributed by atoms with Crippen molar-refractivity contribution in [3.05, 3.63) is 145 Å². The van der Waals surface area contributed by atoms with Crippen molar-refractivity contribution in [1.29, 1.82) is 0 Å². The van der Waals surface area contributed by atoms with E-state index in [1.807, 2.05) is 30.3 Å². The van der Waals surface area contributed by atoms with Crippen LogP contribution in [0.25, 0.3) is 17.0 Å². The van der Waals surface area contributed by atoms with Crippen LogP contribution in [0.3, 0.4) is 0 Å². The first-order valence-corrected chi connectivity index (χ1v) is 15.4. The number of halogens is 5. The number of amides is 1. The smallest absolute Gasteiger partial charge is 0.332 e. The Morgan fingerprint density at radius 2 is 1.72 bits per heavy atom. The van der Waals surface area contributed by atoms with E-state index in [2.05, 4.69) is 21.0 Å². The average Bonchev–Trinajstić information content (AvgIpc) is 3.72. The third-order valence-electron chi connectivity index (χ3n) is 8.01. The second-order valence-electron chi connectivity index (χ2n) is 10.9. The molecule has 0 radical (unpaired) electrons. The minimum Gasteiger partial charge on any atom is -0.332 e. The Labute approximate surface area is 273 Å². The third kappa shape index (κ3) is 5.41. The topological polar surface area (TPSA) is 77.4 Å². The van der Waals surface area contributed by atoms with Gasteiger partial charge in [-0.25, -0.2) is 9.20 Å². The lowest BCUT2D eigenvalue weighted by Gasteiger charge is -2.30. The van der Waals surface area contributed by atoms with Crippen molar-refractivity contribution in [1.82, 2.24) is 28.9 Å². The Hall–Kier alpha value is -4.68. The van der Waals surface area contributed by atoms with Gasteiger partial charge in [-0.2, -0.15) is 23.4 Å². The van der Waals surface area contributed by atoms with Gasteiger partial charge in [-0.1, -0.05) is 41.9 Å². The van der Waals surface area contributed by atoms with Crippen LogP contribution >= 0.6 is 27.5 Å². The zero-order chi connectivity index (χ0) is 32.2. The summed E-state index contributed by atoms with van der Waals surface area (Å²) in [5, 5.41) is 8.78. The summed E-state index contributed by atoms with van der Waals surface area (Å²) in [6.45, 7) is 0.485. The van der Waals surface area contributed by atoms with Gasteiger partial charge in [-0.15, -0.1) is 0 Å². The molecule has 3 aromatic carbocycles. The number of aromatic nitrogens is 5. The number of nitrogens with zero attached hydrogens (tertiary/aromatic N) is 6. The summed E-state index contributed by atoms with van der Waals surface area (Å²) in [5.74, 6) is -0.211. The predicted molar refractivity (Wildman–Crippen MR) is 170 cm³/mol. The van der Waals surface area contributed by atoms with Crippen LogP contribution in [-0.4, -0.2) is 41.3 Å². The fourth-order valence-electron chi connectivity index (χ4n) is 5.75. The van der Waals surface area contributed by atoms with Crippen LogP contribution in [0.2, 0.25) is 5.02 Å². The van der Waals surface area contributed by atoms with Crippen molar-refractivity contribution in [3.63, 3.8) is 0 Å². The van der Waals surface area contributed by atoms with Crippen molar-refractivity contribution in [3.8, 4) is 11.4 Å². The van der Waals surface area contributed by atoms with Crippen LogP contribution in [-0.2, 0) is 25.6 Å². The lowest BCUT2D eigenvalue weighted by Crippen LogP contribution is -2.41. The standard InChI is InChI=1S/C33H23BrClF3N6O2/c34-26-11-6-21(17-27(26)35)31(45)41-14-12-25-28(19-41)44-30(22(18-39-44)16-20-4-2-1-3-5-20)43(32(25)46)24-9-7-23(8-10-24)42-15-13-29(40-42)33(36,37)38/h1-11,13,15,17-18H,12,14,16,19H2. The van der Waals surface area contributed by atoms with Crippen molar-refractivity contribution in [2.45, 2.75) is 25.6 Å². The number of fused-ring (bicyclic) bond motifs is 3. The highest BCUT2D eigenvalue weighted by Crippen LogP contribution is 2.29. The summed E-state index contributed by atoms with van der Waals surface area (Å²) < 4.78 is 44.5. The lowest BCUT2D eigenvalue weighted by atomic mass is 10.0. The first-order valence-electron chi connectivity index (χ1n) is 14.2. The van der Waals surface area contributed by atoms with Crippen LogP contribution in [0.4, 0.5) is 13.2 Å². The number of rotatable bonds is 5. The summed E-state index contributed by atoms with van der Waals surface area (Å²) >= 11 is 9.62. The summed E-state index contributed by atoms with van der Waals surface area (Å²) in [5.41, 5.74) is 3.62. The summed E-state index contributed by atoms with van der Waals surface area (Å²) in [4.78, 5) is 29.5. The van der Waals surface area contributed by atoms with Gasteiger partial charge in [0, 0.05) is 40.3 Å². The molecule has 0 atom stereocenters. The molecule has 1 aliphatic heterocycles. The van der Waals surface area contributed by atoms with Gasteiger partial charge in [0.2, 0.25) is 0 Å². The minimum absolute atomic E-state index is 0.167. The zero-order valence-electron chi connectivity index (χ0n) is 23.9. The molecule has 6 aromatic rings. The Morgan fingerprint density at radius 1 is 0.978 bits per heavy atom. The second kappa shape index (κ2) is 11.6. The van der Waals surface area contributed by atoms with E-state index in [-0.39, 0.29) is 18.0 Å². The number of benzene rings is 3.